The Bertz CT molecular complexity index is 326. The molecule has 0 radical (unpaired) electrons. The first-order chi connectivity index (χ1) is 7.31. The van der Waals surface area contributed by atoms with Gasteiger partial charge in [-0.15, -0.1) is 0 Å². The maximum absolute atomic E-state index is 10.2. The van der Waals surface area contributed by atoms with Crippen LogP contribution in [0.25, 0.3) is 0 Å². The average Bonchev–Trinajstić information content (AvgIpc) is 2.29. The smallest absolute Gasteiger partial charge is 0.133 e. The molecule has 0 heterocycles. The van der Waals surface area contributed by atoms with Crippen LogP contribution in [0.1, 0.15) is 5.56 Å². The molecular formula is C11H15NO3. The summed E-state index contributed by atoms with van der Waals surface area (Å²) in [5.41, 5.74) is 0.971. The fraction of sp³-hybridized carbons (Fsp3) is 0.364. The standard InChI is InChI=1S/C11H15NO3/c1-14-10-3-4-11(15-2)9(7-10)8-12-5-6-13/h3-4,6-7,12H,5,8H2,1-2H3. The fourth-order valence-electron chi connectivity index (χ4n) is 1.29. The highest BCUT2D eigenvalue weighted by atomic mass is 16.5. The number of ether oxygens (including phenoxy) is 2. The molecule has 0 aliphatic heterocycles. The van der Waals surface area contributed by atoms with Gasteiger partial charge in [0.2, 0.25) is 0 Å². The molecule has 1 rings (SSSR count). The predicted molar refractivity (Wildman–Crippen MR) is 57.3 cm³/mol. The monoisotopic (exact) mass is 209 g/mol. The van der Waals surface area contributed by atoms with E-state index in [1.807, 2.05) is 18.2 Å². The van der Waals surface area contributed by atoms with Gasteiger partial charge in [-0.1, -0.05) is 0 Å². The molecule has 0 aliphatic rings. The van der Waals surface area contributed by atoms with Gasteiger partial charge in [-0.3, -0.25) is 0 Å². The van der Waals surface area contributed by atoms with E-state index in [0.717, 1.165) is 23.3 Å². The van der Waals surface area contributed by atoms with E-state index in [-0.39, 0.29) is 0 Å². The molecule has 0 saturated carbocycles. The van der Waals surface area contributed by atoms with Gasteiger partial charge in [0.05, 0.1) is 20.8 Å². The minimum atomic E-state index is 0.334. The molecule has 0 amide bonds. The summed E-state index contributed by atoms with van der Waals surface area (Å²) in [5, 5.41) is 2.97. The summed E-state index contributed by atoms with van der Waals surface area (Å²) in [7, 11) is 3.23. The van der Waals surface area contributed by atoms with Gasteiger partial charge in [-0.05, 0) is 18.2 Å². The number of carbonyl (C=O) groups excluding carboxylic acids is 1. The first-order valence-corrected chi connectivity index (χ1v) is 4.67. The van der Waals surface area contributed by atoms with Crippen LogP contribution in [0.3, 0.4) is 0 Å². The lowest BCUT2D eigenvalue weighted by Crippen LogP contribution is -2.16. The molecule has 0 unspecified atom stereocenters. The van der Waals surface area contributed by atoms with Crippen molar-refractivity contribution in [2.24, 2.45) is 0 Å². The van der Waals surface area contributed by atoms with Crippen LogP contribution in [0.5, 0.6) is 11.5 Å². The van der Waals surface area contributed by atoms with Crippen molar-refractivity contribution in [3.8, 4) is 11.5 Å². The molecule has 4 heteroatoms. The van der Waals surface area contributed by atoms with Crippen molar-refractivity contribution in [1.29, 1.82) is 0 Å². The van der Waals surface area contributed by atoms with Gasteiger partial charge in [-0.25, -0.2) is 0 Å². The van der Waals surface area contributed by atoms with Gasteiger partial charge in [-0.2, -0.15) is 0 Å². The summed E-state index contributed by atoms with van der Waals surface area (Å²) in [4.78, 5) is 10.2. The van der Waals surface area contributed by atoms with Crippen LogP contribution >= 0.6 is 0 Å². The molecule has 4 nitrogen and oxygen atoms in total. The zero-order valence-electron chi connectivity index (χ0n) is 8.95. The minimum Gasteiger partial charge on any atom is -0.497 e. The van der Waals surface area contributed by atoms with Gasteiger partial charge >= 0.3 is 0 Å². The SMILES string of the molecule is COc1ccc(OC)c(CNCC=O)c1. The van der Waals surface area contributed by atoms with E-state index in [0.29, 0.717) is 13.1 Å². The topological polar surface area (TPSA) is 47.6 Å². The zero-order chi connectivity index (χ0) is 11.1. The van der Waals surface area contributed by atoms with Crippen molar-refractivity contribution in [3.63, 3.8) is 0 Å². The van der Waals surface area contributed by atoms with Gasteiger partial charge in [0.15, 0.2) is 0 Å². The Hall–Kier alpha value is -1.55. The Balaban J connectivity index is 2.76. The predicted octanol–water partition coefficient (Wildman–Crippen LogP) is 0.992. The van der Waals surface area contributed by atoms with E-state index >= 15 is 0 Å². The van der Waals surface area contributed by atoms with Crippen molar-refractivity contribution < 1.29 is 14.3 Å². The van der Waals surface area contributed by atoms with Crippen molar-refractivity contribution in [2.75, 3.05) is 20.8 Å². The molecule has 0 bridgehead atoms. The second-order valence-electron chi connectivity index (χ2n) is 2.98. The molecule has 1 N–H and O–H groups in total. The van der Waals surface area contributed by atoms with Gasteiger partial charge in [0.1, 0.15) is 17.8 Å². The van der Waals surface area contributed by atoms with Crippen molar-refractivity contribution in [3.05, 3.63) is 23.8 Å². The molecule has 0 aliphatic carbocycles. The molecule has 0 saturated heterocycles. The van der Waals surface area contributed by atoms with Gasteiger partial charge in [0, 0.05) is 12.1 Å². The number of rotatable bonds is 6. The largest absolute Gasteiger partial charge is 0.497 e. The normalized spacial score (nSPS) is 9.73. The lowest BCUT2D eigenvalue weighted by Gasteiger charge is -2.10. The highest BCUT2D eigenvalue weighted by molar-refractivity contribution is 5.52. The van der Waals surface area contributed by atoms with Gasteiger partial charge in [0.25, 0.3) is 0 Å². The Kier molecular flexibility index (Phi) is 4.63. The second-order valence-corrected chi connectivity index (χ2v) is 2.98. The summed E-state index contributed by atoms with van der Waals surface area (Å²) < 4.78 is 10.3. The number of hydrogen-bond acceptors (Lipinski definition) is 4. The Morgan fingerprint density at radius 3 is 2.73 bits per heavy atom. The first kappa shape index (κ1) is 11.5. The lowest BCUT2D eigenvalue weighted by atomic mass is 10.2. The number of hydrogen-bond donors (Lipinski definition) is 1. The molecular weight excluding hydrogens is 194 g/mol. The maximum atomic E-state index is 10.2. The molecule has 0 aromatic heterocycles. The number of nitrogens with one attached hydrogen (secondary N) is 1. The quantitative estimate of drug-likeness (QED) is 0.560. The maximum Gasteiger partial charge on any atom is 0.133 e. The van der Waals surface area contributed by atoms with Crippen molar-refractivity contribution in [1.82, 2.24) is 5.32 Å². The zero-order valence-corrected chi connectivity index (χ0v) is 8.95. The second kappa shape index (κ2) is 6.03. The number of methoxy groups -OCH3 is 2. The number of benzene rings is 1. The summed E-state index contributed by atoms with van der Waals surface area (Å²) in [6, 6.07) is 5.56. The highest BCUT2D eigenvalue weighted by Gasteiger charge is 2.03. The average molecular weight is 209 g/mol. The number of carbonyl (C=O) groups is 1. The van der Waals surface area contributed by atoms with Crippen LogP contribution in [0.15, 0.2) is 18.2 Å². The summed E-state index contributed by atoms with van der Waals surface area (Å²) >= 11 is 0. The van der Waals surface area contributed by atoms with Crippen molar-refractivity contribution in [2.45, 2.75) is 6.54 Å². The summed E-state index contributed by atoms with van der Waals surface area (Å²) in [6.07, 6.45) is 0.826. The third kappa shape index (κ3) is 3.25. The Labute approximate surface area is 89.2 Å². The van der Waals surface area contributed by atoms with Gasteiger partial charge < -0.3 is 19.6 Å². The molecule has 82 valence electrons. The molecule has 0 atom stereocenters. The minimum absolute atomic E-state index is 0.334. The van der Waals surface area contributed by atoms with Crippen LogP contribution in [-0.2, 0) is 11.3 Å². The molecule has 15 heavy (non-hydrogen) atoms. The van der Waals surface area contributed by atoms with E-state index < -0.39 is 0 Å². The van der Waals surface area contributed by atoms with E-state index in [2.05, 4.69) is 5.32 Å². The molecule has 1 aromatic carbocycles. The van der Waals surface area contributed by atoms with Crippen LogP contribution in [0.4, 0.5) is 0 Å². The van der Waals surface area contributed by atoms with E-state index in [4.69, 9.17) is 9.47 Å². The summed E-state index contributed by atoms with van der Waals surface area (Å²) in [5.74, 6) is 1.56. The van der Waals surface area contributed by atoms with E-state index in [1.165, 1.54) is 0 Å². The fourth-order valence-corrected chi connectivity index (χ4v) is 1.29. The van der Waals surface area contributed by atoms with Crippen LogP contribution in [0, 0.1) is 0 Å². The van der Waals surface area contributed by atoms with Crippen LogP contribution in [0.2, 0.25) is 0 Å². The lowest BCUT2D eigenvalue weighted by molar-refractivity contribution is -0.107. The van der Waals surface area contributed by atoms with Crippen LogP contribution in [-0.4, -0.2) is 27.1 Å². The summed E-state index contributed by atoms with van der Waals surface area (Å²) in [6.45, 7) is 0.916. The van der Waals surface area contributed by atoms with E-state index in [1.54, 1.807) is 14.2 Å². The molecule has 0 fully saturated rings. The molecule has 0 spiro atoms. The van der Waals surface area contributed by atoms with E-state index in [9.17, 15) is 4.79 Å². The Morgan fingerprint density at radius 2 is 2.13 bits per heavy atom. The highest BCUT2D eigenvalue weighted by Crippen LogP contribution is 2.23. The third-order valence-corrected chi connectivity index (χ3v) is 2.03. The van der Waals surface area contributed by atoms with Crippen molar-refractivity contribution >= 4 is 6.29 Å². The first-order valence-electron chi connectivity index (χ1n) is 4.67. The van der Waals surface area contributed by atoms with Crippen LogP contribution < -0.4 is 14.8 Å². The molecule has 1 aromatic rings. The third-order valence-electron chi connectivity index (χ3n) is 2.03. The Morgan fingerprint density at radius 1 is 1.33 bits per heavy atom. The number of aldehydes is 1.